The van der Waals surface area contributed by atoms with Crippen molar-refractivity contribution in [3.05, 3.63) is 95.6 Å². The molecule has 2 heterocycles. The number of hydrogen-bond acceptors (Lipinski definition) is 8. The maximum absolute atomic E-state index is 10.9. The lowest BCUT2D eigenvalue weighted by molar-refractivity contribution is -0.0890. The van der Waals surface area contributed by atoms with Gasteiger partial charge in [0.1, 0.15) is 23.2 Å². The van der Waals surface area contributed by atoms with E-state index in [9.17, 15) is 4.89 Å². The predicted molar refractivity (Wildman–Crippen MR) is 164 cm³/mol. The van der Waals surface area contributed by atoms with Crippen LogP contribution in [0.2, 0.25) is 0 Å². The van der Waals surface area contributed by atoms with E-state index >= 15 is 0 Å². The van der Waals surface area contributed by atoms with E-state index < -0.39 is 18.4 Å². The van der Waals surface area contributed by atoms with E-state index in [0.29, 0.717) is 26.1 Å². The quantitative estimate of drug-likeness (QED) is 0.184. The molecule has 2 saturated heterocycles. The zero-order chi connectivity index (χ0) is 29.6. The Morgan fingerprint density at radius 3 is 1.86 bits per heavy atom. The molecule has 8 nitrogen and oxygen atoms in total. The minimum absolute atomic E-state index is 0.0406. The molecule has 0 spiro atoms. The van der Waals surface area contributed by atoms with Gasteiger partial charge < -0.3 is 37.6 Å². The predicted octanol–water partition coefficient (Wildman–Crippen LogP) is 5.99. The van der Waals surface area contributed by atoms with Crippen LogP contribution < -0.4 is 9.47 Å². The first-order valence-corrected chi connectivity index (χ1v) is 16.9. The van der Waals surface area contributed by atoms with Crippen LogP contribution in [0, 0.1) is 0 Å². The van der Waals surface area contributed by atoms with E-state index in [4.69, 9.17) is 44.5 Å². The summed E-state index contributed by atoms with van der Waals surface area (Å²) in [5, 5.41) is 0. The number of hydrogen-bond donors (Lipinski definition) is 1. The number of methoxy groups -OCH3 is 2. The van der Waals surface area contributed by atoms with Gasteiger partial charge in [-0.2, -0.15) is 0 Å². The molecule has 10 heteroatoms. The van der Waals surface area contributed by atoms with Crippen molar-refractivity contribution in [3.63, 3.8) is 0 Å². The summed E-state index contributed by atoms with van der Waals surface area (Å²) >= 11 is 5.39. The first kappa shape index (κ1) is 31.1. The molecule has 3 aromatic carbocycles. The van der Waals surface area contributed by atoms with Crippen LogP contribution in [0.4, 0.5) is 0 Å². The van der Waals surface area contributed by atoms with Crippen molar-refractivity contribution in [3.8, 4) is 11.5 Å². The molecule has 42 heavy (non-hydrogen) atoms. The average molecular weight is 615 g/mol. The Kier molecular flexibility index (Phi) is 10.3. The van der Waals surface area contributed by atoms with Crippen LogP contribution in [-0.4, -0.2) is 63.3 Å². The molecule has 0 aromatic heterocycles. The summed E-state index contributed by atoms with van der Waals surface area (Å²) in [4.78, 5) is 10.9. The van der Waals surface area contributed by atoms with Gasteiger partial charge in [-0.05, 0) is 65.6 Å². The third kappa shape index (κ3) is 6.90. The van der Waals surface area contributed by atoms with Gasteiger partial charge in [0.2, 0.25) is 0 Å². The molecule has 3 aromatic rings. The Labute approximate surface area is 253 Å². The largest absolute Gasteiger partial charge is 0.497 e. The van der Waals surface area contributed by atoms with E-state index in [1.54, 1.807) is 14.2 Å². The number of ether oxygens (including phenoxy) is 5. The molecule has 0 bridgehead atoms. The van der Waals surface area contributed by atoms with E-state index in [1.807, 2.05) is 73.7 Å². The summed E-state index contributed by atoms with van der Waals surface area (Å²) in [7, 11) is 3.30. The van der Waals surface area contributed by atoms with Crippen molar-refractivity contribution in [1.29, 1.82) is 0 Å². The Bertz CT molecular complexity index is 1270. The van der Waals surface area contributed by atoms with Crippen molar-refractivity contribution >= 4 is 18.5 Å². The molecule has 1 unspecified atom stereocenters. The average Bonchev–Trinajstić information content (AvgIpc) is 3.67. The molecular weight excluding hydrogens is 575 g/mol. The summed E-state index contributed by atoms with van der Waals surface area (Å²) in [6.45, 7) is -0.397. The Morgan fingerprint density at radius 2 is 1.31 bits per heavy atom. The number of benzene rings is 3. The standard InChI is InChI=1S/C32H39O8PS/c1-4-28-30(19-21-36-28)40-41(33,42)38-22-31-29(18-20-37-31)39-32(23-8-6-5-7-9-23,24-10-14-26(34-2)15-11-24)25-12-16-27(35-3)17-13-25/h5-17,28-31H,4,18-22H2,1-3H3,(H,33,42)/t28-,29-,30-,31-,41?/m1/s1. The molecule has 5 atom stereocenters. The molecular formula is C32H39O8PS. The molecule has 0 saturated carbocycles. The molecule has 0 aliphatic carbocycles. The lowest BCUT2D eigenvalue weighted by Crippen LogP contribution is -2.41. The fraction of sp³-hybridized carbons (Fsp3) is 0.438. The first-order chi connectivity index (χ1) is 20.4. The van der Waals surface area contributed by atoms with Gasteiger partial charge >= 0.3 is 6.72 Å². The van der Waals surface area contributed by atoms with Crippen LogP contribution in [0.1, 0.15) is 42.9 Å². The third-order valence-electron chi connectivity index (χ3n) is 7.87. The highest BCUT2D eigenvalue weighted by Gasteiger charge is 2.44. The molecule has 0 amide bonds. The zero-order valence-electron chi connectivity index (χ0n) is 24.2. The van der Waals surface area contributed by atoms with Gasteiger partial charge in [0, 0.05) is 19.6 Å². The van der Waals surface area contributed by atoms with Gasteiger partial charge in [-0.25, -0.2) is 0 Å². The van der Waals surface area contributed by atoms with Crippen molar-refractivity contribution in [2.24, 2.45) is 0 Å². The highest BCUT2D eigenvalue weighted by atomic mass is 32.5. The van der Waals surface area contributed by atoms with Crippen LogP contribution in [-0.2, 0) is 40.7 Å². The van der Waals surface area contributed by atoms with E-state index in [-0.39, 0.29) is 24.9 Å². The van der Waals surface area contributed by atoms with Crippen LogP contribution in [0.3, 0.4) is 0 Å². The number of rotatable bonds is 13. The van der Waals surface area contributed by atoms with Crippen molar-refractivity contribution in [2.45, 2.75) is 56.2 Å². The summed E-state index contributed by atoms with van der Waals surface area (Å²) in [5.74, 6) is 1.50. The lowest BCUT2D eigenvalue weighted by atomic mass is 9.79. The molecule has 226 valence electrons. The van der Waals surface area contributed by atoms with Crippen LogP contribution in [0.25, 0.3) is 0 Å². The maximum Gasteiger partial charge on any atom is 0.324 e. The van der Waals surface area contributed by atoms with Crippen LogP contribution in [0.15, 0.2) is 78.9 Å². The maximum atomic E-state index is 10.9. The monoisotopic (exact) mass is 614 g/mol. The first-order valence-electron chi connectivity index (χ1n) is 14.3. The molecule has 1 N–H and O–H groups in total. The summed E-state index contributed by atoms with van der Waals surface area (Å²) in [6.07, 6.45) is 0.876. The Morgan fingerprint density at radius 1 is 0.786 bits per heavy atom. The van der Waals surface area contributed by atoms with Gasteiger partial charge in [0.15, 0.2) is 0 Å². The van der Waals surface area contributed by atoms with Crippen molar-refractivity contribution in [2.75, 3.05) is 34.0 Å². The fourth-order valence-electron chi connectivity index (χ4n) is 5.67. The lowest BCUT2D eigenvalue weighted by Gasteiger charge is -2.39. The molecule has 0 radical (unpaired) electrons. The topological polar surface area (TPSA) is 84.8 Å². The normalized spacial score (nSPS) is 23.9. The van der Waals surface area contributed by atoms with Gasteiger partial charge in [-0.15, -0.1) is 0 Å². The summed E-state index contributed by atoms with van der Waals surface area (Å²) in [6, 6.07) is 25.9. The van der Waals surface area contributed by atoms with Crippen molar-refractivity contribution < 1.29 is 37.6 Å². The summed E-state index contributed by atoms with van der Waals surface area (Å²) < 4.78 is 41.6. The van der Waals surface area contributed by atoms with Gasteiger partial charge in [0.25, 0.3) is 0 Å². The van der Waals surface area contributed by atoms with E-state index in [0.717, 1.165) is 34.6 Å². The SMILES string of the molecule is CC[C@H]1OCC[C@H]1OP(O)(=S)OC[C@H]1OCC[C@H]1OC(c1ccccc1)(c1ccc(OC)cc1)c1ccc(OC)cc1. The zero-order valence-corrected chi connectivity index (χ0v) is 25.9. The Balaban J connectivity index is 1.46. The van der Waals surface area contributed by atoms with Gasteiger partial charge in [-0.1, -0.05) is 61.5 Å². The third-order valence-corrected chi connectivity index (χ3v) is 9.46. The van der Waals surface area contributed by atoms with Gasteiger partial charge in [-0.3, -0.25) is 0 Å². The highest BCUT2D eigenvalue weighted by molar-refractivity contribution is 8.07. The van der Waals surface area contributed by atoms with Crippen molar-refractivity contribution in [1.82, 2.24) is 0 Å². The molecule has 2 aliphatic rings. The Hall–Kier alpha value is -2.33. The highest BCUT2D eigenvalue weighted by Crippen LogP contribution is 2.49. The second-order valence-corrected chi connectivity index (χ2v) is 13.2. The second-order valence-electron chi connectivity index (χ2n) is 10.4. The summed E-state index contributed by atoms with van der Waals surface area (Å²) in [5.41, 5.74) is 1.80. The minimum atomic E-state index is -3.52. The van der Waals surface area contributed by atoms with E-state index in [1.165, 1.54) is 0 Å². The fourth-order valence-corrected chi connectivity index (χ4v) is 7.17. The van der Waals surface area contributed by atoms with Crippen LogP contribution in [0.5, 0.6) is 11.5 Å². The van der Waals surface area contributed by atoms with E-state index in [2.05, 4.69) is 12.1 Å². The molecule has 2 aliphatic heterocycles. The smallest absolute Gasteiger partial charge is 0.324 e. The minimum Gasteiger partial charge on any atom is -0.497 e. The van der Waals surface area contributed by atoms with Gasteiger partial charge in [0.05, 0.1) is 39.1 Å². The van der Waals surface area contributed by atoms with Crippen LogP contribution >= 0.6 is 6.72 Å². The molecule has 5 rings (SSSR count). The second kappa shape index (κ2) is 14.0. The molecule has 2 fully saturated rings.